The number of rotatable bonds is 8. The molecule has 0 bridgehead atoms. The molecule has 1 N–H and O–H groups in total. The number of hydrogen-bond acceptors (Lipinski definition) is 3. The summed E-state index contributed by atoms with van der Waals surface area (Å²) >= 11 is 0. The lowest BCUT2D eigenvalue weighted by atomic mass is 9.86. The number of nitrogens with one attached hydrogen (secondary N) is 1. The van der Waals surface area contributed by atoms with Crippen LogP contribution < -0.4 is 5.32 Å². The van der Waals surface area contributed by atoms with Gasteiger partial charge in [-0.15, -0.1) is 0 Å². The Morgan fingerprint density at radius 2 is 1.95 bits per heavy atom. The summed E-state index contributed by atoms with van der Waals surface area (Å²) in [5.74, 6) is 0.831. The van der Waals surface area contributed by atoms with Gasteiger partial charge >= 0.3 is 0 Å². The maximum Gasteiger partial charge on any atom is 0.0469 e. The molecular weight excluding hydrogens is 236 g/mol. The summed E-state index contributed by atoms with van der Waals surface area (Å²) in [6.07, 6.45) is 3.69. The van der Waals surface area contributed by atoms with Gasteiger partial charge in [-0.25, -0.2) is 0 Å². The molecule has 1 unspecified atom stereocenters. The smallest absolute Gasteiger partial charge is 0.0469 e. The van der Waals surface area contributed by atoms with Gasteiger partial charge < -0.3 is 15.0 Å². The molecule has 1 rings (SSSR count). The molecule has 3 heteroatoms. The topological polar surface area (TPSA) is 24.5 Å². The van der Waals surface area contributed by atoms with E-state index in [0.29, 0.717) is 11.5 Å². The van der Waals surface area contributed by atoms with Crippen molar-refractivity contribution in [3.8, 4) is 0 Å². The predicted octanol–water partition coefficient (Wildman–Crippen LogP) is 2.76. The fourth-order valence-corrected chi connectivity index (χ4v) is 2.83. The minimum Gasteiger partial charge on any atom is -0.381 e. The molecule has 1 saturated heterocycles. The first-order chi connectivity index (χ1) is 8.95. The van der Waals surface area contributed by atoms with E-state index in [2.05, 4.69) is 45.0 Å². The van der Waals surface area contributed by atoms with Gasteiger partial charge in [-0.2, -0.15) is 0 Å². The second kappa shape index (κ2) is 8.23. The van der Waals surface area contributed by atoms with E-state index in [1.165, 1.54) is 32.4 Å². The van der Waals surface area contributed by atoms with Crippen LogP contribution in [0.15, 0.2) is 0 Å². The van der Waals surface area contributed by atoms with E-state index in [9.17, 15) is 0 Å². The van der Waals surface area contributed by atoms with E-state index in [0.717, 1.165) is 25.7 Å². The highest BCUT2D eigenvalue weighted by molar-refractivity contribution is 4.80. The third-order valence-electron chi connectivity index (χ3n) is 4.35. The quantitative estimate of drug-likeness (QED) is 0.734. The predicted molar refractivity (Wildman–Crippen MR) is 82.6 cm³/mol. The Hall–Kier alpha value is -0.120. The summed E-state index contributed by atoms with van der Waals surface area (Å²) < 4.78 is 5.44. The van der Waals surface area contributed by atoms with Crippen LogP contribution in [-0.4, -0.2) is 50.8 Å². The summed E-state index contributed by atoms with van der Waals surface area (Å²) in [5.41, 5.74) is 0.379. The Morgan fingerprint density at radius 3 is 2.47 bits per heavy atom. The highest BCUT2D eigenvalue weighted by Crippen LogP contribution is 2.23. The zero-order chi connectivity index (χ0) is 14.3. The minimum atomic E-state index is 0.379. The first-order valence-corrected chi connectivity index (χ1v) is 7.95. The van der Waals surface area contributed by atoms with Crippen molar-refractivity contribution in [1.82, 2.24) is 10.2 Å². The molecule has 1 aliphatic rings. The van der Waals surface area contributed by atoms with E-state index >= 15 is 0 Å². The fraction of sp³-hybridized carbons (Fsp3) is 1.00. The molecule has 0 radical (unpaired) electrons. The second-order valence-electron chi connectivity index (χ2n) is 6.95. The van der Waals surface area contributed by atoms with Crippen molar-refractivity contribution < 1.29 is 4.74 Å². The summed E-state index contributed by atoms with van der Waals surface area (Å²) in [6, 6.07) is 0.576. The summed E-state index contributed by atoms with van der Waals surface area (Å²) in [4.78, 5) is 2.53. The van der Waals surface area contributed by atoms with Gasteiger partial charge in [-0.1, -0.05) is 27.7 Å². The van der Waals surface area contributed by atoms with E-state index in [1.807, 2.05) is 0 Å². The minimum absolute atomic E-state index is 0.379. The largest absolute Gasteiger partial charge is 0.381 e. The van der Waals surface area contributed by atoms with E-state index in [4.69, 9.17) is 4.74 Å². The van der Waals surface area contributed by atoms with Crippen LogP contribution >= 0.6 is 0 Å². The first-order valence-electron chi connectivity index (χ1n) is 7.95. The van der Waals surface area contributed by atoms with Crippen molar-refractivity contribution in [2.24, 2.45) is 11.3 Å². The molecule has 3 nitrogen and oxygen atoms in total. The van der Waals surface area contributed by atoms with Gasteiger partial charge in [0.2, 0.25) is 0 Å². The van der Waals surface area contributed by atoms with Gasteiger partial charge in [-0.05, 0) is 37.6 Å². The Balaban J connectivity index is 2.35. The Labute approximate surface area is 120 Å². The molecule has 1 atom stereocenters. The standard InChI is InChI=1S/C16H34N2O/c1-6-16(4,12-17-14(2)3)13-18(5)11-15-7-9-19-10-8-15/h14-15,17H,6-13H2,1-5H3. The molecule has 1 aliphatic heterocycles. The molecule has 0 saturated carbocycles. The van der Waals surface area contributed by atoms with E-state index in [-0.39, 0.29) is 0 Å². The third-order valence-corrected chi connectivity index (χ3v) is 4.35. The zero-order valence-electron chi connectivity index (χ0n) is 13.7. The van der Waals surface area contributed by atoms with Gasteiger partial charge in [0, 0.05) is 38.9 Å². The van der Waals surface area contributed by atoms with Crippen LogP contribution in [0.4, 0.5) is 0 Å². The normalized spacial score (nSPS) is 21.0. The van der Waals surface area contributed by atoms with Crippen molar-refractivity contribution in [2.45, 2.75) is 53.0 Å². The fourth-order valence-electron chi connectivity index (χ4n) is 2.83. The lowest BCUT2D eigenvalue weighted by molar-refractivity contribution is 0.0499. The summed E-state index contributed by atoms with van der Waals surface area (Å²) in [5, 5.41) is 3.60. The van der Waals surface area contributed by atoms with E-state index < -0.39 is 0 Å². The van der Waals surface area contributed by atoms with Crippen molar-refractivity contribution in [1.29, 1.82) is 0 Å². The lowest BCUT2D eigenvalue weighted by Crippen LogP contribution is -2.44. The van der Waals surface area contributed by atoms with Gasteiger partial charge in [0.1, 0.15) is 0 Å². The summed E-state index contributed by atoms with van der Waals surface area (Å²) in [7, 11) is 2.28. The molecule has 114 valence electrons. The zero-order valence-corrected chi connectivity index (χ0v) is 13.7. The van der Waals surface area contributed by atoms with Crippen molar-refractivity contribution in [2.75, 3.05) is 39.9 Å². The molecular formula is C16H34N2O. The van der Waals surface area contributed by atoms with Gasteiger partial charge in [-0.3, -0.25) is 0 Å². The van der Waals surface area contributed by atoms with Crippen LogP contribution in [-0.2, 0) is 4.74 Å². The lowest BCUT2D eigenvalue weighted by Gasteiger charge is -2.36. The molecule has 1 heterocycles. The average molecular weight is 270 g/mol. The van der Waals surface area contributed by atoms with Crippen molar-refractivity contribution in [3.63, 3.8) is 0 Å². The molecule has 0 aromatic rings. The van der Waals surface area contributed by atoms with Gasteiger partial charge in [0.15, 0.2) is 0 Å². The maximum absolute atomic E-state index is 5.44. The average Bonchev–Trinajstić information content (AvgIpc) is 2.37. The molecule has 0 aromatic carbocycles. The Morgan fingerprint density at radius 1 is 1.32 bits per heavy atom. The van der Waals surface area contributed by atoms with Crippen LogP contribution in [0.3, 0.4) is 0 Å². The number of hydrogen-bond donors (Lipinski definition) is 1. The highest BCUT2D eigenvalue weighted by atomic mass is 16.5. The van der Waals surface area contributed by atoms with Crippen LogP contribution in [0.2, 0.25) is 0 Å². The van der Waals surface area contributed by atoms with Gasteiger partial charge in [0.05, 0.1) is 0 Å². The second-order valence-corrected chi connectivity index (χ2v) is 6.95. The van der Waals surface area contributed by atoms with Crippen LogP contribution in [0, 0.1) is 11.3 Å². The van der Waals surface area contributed by atoms with Gasteiger partial charge in [0.25, 0.3) is 0 Å². The molecule has 19 heavy (non-hydrogen) atoms. The van der Waals surface area contributed by atoms with Crippen LogP contribution in [0.1, 0.15) is 47.0 Å². The Kier molecular flexibility index (Phi) is 7.33. The van der Waals surface area contributed by atoms with Crippen LogP contribution in [0.5, 0.6) is 0 Å². The molecule has 0 aromatic heterocycles. The number of nitrogens with zero attached hydrogens (tertiary/aromatic N) is 1. The summed E-state index contributed by atoms with van der Waals surface area (Å²) in [6.45, 7) is 14.6. The number of ether oxygens (including phenoxy) is 1. The third kappa shape index (κ3) is 6.73. The SMILES string of the molecule is CCC(C)(CNC(C)C)CN(C)CC1CCOCC1. The highest BCUT2D eigenvalue weighted by Gasteiger charge is 2.25. The molecule has 1 fully saturated rings. The first kappa shape index (κ1) is 16.9. The Bertz CT molecular complexity index is 239. The maximum atomic E-state index is 5.44. The molecule has 0 amide bonds. The van der Waals surface area contributed by atoms with E-state index in [1.54, 1.807) is 0 Å². The molecule has 0 aliphatic carbocycles. The monoisotopic (exact) mass is 270 g/mol. The van der Waals surface area contributed by atoms with Crippen molar-refractivity contribution >= 4 is 0 Å². The van der Waals surface area contributed by atoms with Crippen molar-refractivity contribution in [3.05, 3.63) is 0 Å². The molecule has 0 spiro atoms. The van der Waals surface area contributed by atoms with Crippen LogP contribution in [0.25, 0.3) is 0 Å².